The standard InChI is InChI=1S/C18H19N3O3S2/c1-5-12-7-8-13(25-12)9-14-10(3)20-21(16(14)22)18-19-11(4)15(26-18)17(23)24-6-2/h7-9H,5-6H2,1-4H3/b14-9+. The molecular weight excluding hydrogens is 370 g/mol. The average Bonchev–Trinajstić information content (AvgIpc) is 3.29. The molecule has 26 heavy (non-hydrogen) atoms. The highest BCUT2D eigenvalue weighted by molar-refractivity contribution is 7.17. The van der Waals surface area contributed by atoms with Crippen molar-refractivity contribution < 1.29 is 14.3 Å². The molecule has 2 aromatic heterocycles. The summed E-state index contributed by atoms with van der Waals surface area (Å²) in [5, 5.41) is 5.97. The fourth-order valence-corrected chi connectivity index (χ4v) is 4.28. The van der Waals surface area contributed by atoms with E-state index in [1.165, 1.54) is 9.89 Å². The number of anilines is 1. The zero-order chi connectivity index (χ0) is 18.8. The highest BCUT2D eigenvalue weighted by Crippen LogP contribution is 2.32. The number of thiazole rings is 1. The average molecular weight is 390 g/mol. The quantitative estimate of drug-likeness (QED) is 0.571. The van der Waals surface area contributed by atoms with Gasteiger partial charge < -0.3 is 4.74 Å². The highest BCUT2D eigenvalue weighted by atomic mass is 32.1. The molecule has 3 heterocycles. The van der Waals surface area contributed by atoms with Crippen molar-refractivity contribution in [3.8, 4) is 0 Å². The number of aryl methyl sites for hydroxylation is 2. The summed E-state index contributed by atoms with van der Waals surface area (Å²) in [7, 11) is 0. The maximum Gasteiger partial charge on any atom is 0.350 e. The number of ether oxygens (including phenoxy) is 1. The van der Waals surface area contributed by atoms with Crippen molar-refractivity contribution >= 4 is 51.5 Å². The molecule has 0 unspecified atom stereocenters. The van der Waals surface area contributed by atoms with Crippen molar-refractivity contribution in [1.29, 1.82) is 0 Å². The van der Waals surface area contributed by atoms with Gasteiger partial charge in [0.15, 0.2) is 0 Å². The Morgan fingerprint density at radius 3 is 2.69 bits per heavy atom. The van der Waals surface area contributed by atoms with Crippen LogP contribution in [0.4, 0.5) is 5.13 Å². The first-order valence-electron chi connectivity index (χ1n) is 8.29. The van der Waals surface area contributed by atoms with E-state index < -0.39 is 5.97 Å². The van der Waals surface area contributed by atoms with Crippen LogP contribution in [0.15, 0.2) is 22.8 Å². The Balaban J connectivity index is 1.88. The first kappa shape index (κ1) is 18.5. The van der Waals surface area contributed by atoms with Crippen LogP contribution in [-0.2, 0) is 16.0 Å². The molecule has 2 aromatic rings. The fourth-order valence-electron chi connectivity index (χ4n) is 2.48. The van der Waals surface area contributed by atoms with E-state index in [1.54, 1.807) is 32.1 Å². The molecule has 0 N–H and O–H groups in total. The number of rotatable bonds is 5. The number of hydrazone groups is 1. The summed E-state index contributed by atoms with van der Waals surface area (Å²) in [6.45, 7) is 7.66. The number of hydrogen-bond donors (Lipinski definition) is 0. The summed E-state index contributed by atoms with van der Waals surface area (Å²) in [5.41, 5.74) is 1.71. The molecule has 0 aliphatic carbocycles. The van der Waals surface area contributed by atoms with Crippen LogP contribution in [0.2, 0.25) is 0 Å². The van der Waals surface area contributed by atoms with Gasteiger partial charge in [0.05, 0.1) is 23.6 Å². The Kier molecular flexibility index (Phi) is 5.33. The molecule has 1 aliphatic rings. The molecule has 0 spiro atoms. The molecule has 0 radical (unpaired) electrons. The molecule has 6 nitrogen and oxygen atoms in total. The van der Waals surface area contributed by atoms with Crippen LogP contribution in [0.25, 0.3) is 6.08 Å². The van der Waals surface area contributed by atoms with Gasteiger partial charge in [-0.3, -0.25) is 4.79 Å². The van der Waals surface area contributed by atoms with E-state index >= 15 is 0 Å². The fraction of sp³-hybridized carbons (Fsp3) is 0.333. The first-order chi connectivity index (χ1) is 12.4. The van der Waals surface area contributed by atoms with Gasteiger partial charge >= 0.3 is 5.97 Å². The third-order valence-electron chi connectivity index (χ3n) is 3.81. The molecule has 0 bridgehead atoms. The molecule has 1 aliphatic heterocycles. The van der Waals surface area contributed by atoms with Crippen LogP contribution in [0.3, 0.4) is 0 Å². The van der Waals surface area contributed by atoms with Crippen molar-refractivity contribution in [3.05, 3.63) is 38.0 Å². The van der Waals surface area contributed by atoms with Gasteiger partial charge in [0, 0.05) is 9.75 Å². The van der Waals surface area contributed by atoms with Crippen molar-refractivity contribution in [2.75, 3.05) is 11.6 Å². The van der Waals surface area contributed by atoms with E-state index in [1.807, 2.05) is 12.1 Å². The van der Waals surface area contributed by atoms with Gasteiger partial charge in [-0.05, 0) is 45.4 Å². The van der Waals surface area contributed by atoms with E-state index in [2.05, 4.69) is 23.1 Å². The zero-order valence-electron chi connectivity index (χ0n) is 15.0. The van der Waals surface area contributed by atoms with Gasteiger partial charge in [-0.2, -0.15) is 10.1 Å². The number of hydrogen-bond acceptors (Lipinski definition) is 7. The van der Waals surface area contributed by atoms with Crippen molar-refractivity contribution in [3.63, 3.8) is 0 Å². The van der Waals surface area contributed by atoms with Crippen LogP contribution in [0.5, 0.6) is 0 Å². The minimum atomic E-state index is -0.428. The number of aromatic nitrogens is 1. The van der Waals surface area contributed by atoms with Crippen molar-refractivity contribution in [2.24, 2.45) is 5.10 Å². The van der Waals surface area contributed by atoms with E-state index in [0.717, 1.165) is 22.6 Å². The van der Waals surface area contributed by atoms with Crippen molar-refractivity contribution in [1.82, 2.24) is 4.98 Å². The Bertz CT molecular complexity index is 924. The molecule has 136 valence electrons. The van der Waals surface area contributed by atoms with Gasteiger partial charge in [-0.1, -0.05) is 18.3 Å². The third-order valence-corrected chi connectivity index (χ3v) is 6.10. The molecule has 0 saturated carbocycles. The minimum Gasteiger partial charge on any atom is -0.462 e. The van der Waals surface area contributed by atoms with E-state index in [-0.39, 0.29) is 5.91 Å². The Morgan fingerprint density at radius 1 is 1.27 bits per heavy atom. The molecule has 0 saturated heterocycles. The van der Waals surface area contributed by atoms with Gasteiger partial charge in [-0.25, -0.2) is 9.78 Å². The summed E-state index contributed by atoms with van der Waals surface area (Å²) in [6.07, 6.45) is 2.83. The molecule has 0 aromatic carbocycles. The van der Waals surface area contributed by atoms with Gasteiger partial charge in [0.2, 0.25) is 5.13 Å². The predicted octanol–water partition coefficient (Wildman–Crippen LogP) is 4.06. The third kappa shape index (κ3) is 3.47. The SMILES string of the molecule is CCOC(=O)c1sc(N2N=C(C)/C(=C\c3ccc(CC)s3)C2=O)nc1C. The number of esters is 1. The largest absolute Gasteiger partial charge is 0.462 e. The lowest BCUT2D eigenvalue weighted by Gasteiger charge is -2.06. The topological polar surface area (TPSA) is 71.9 Å². The molecule has 0 fully saturated rings. The second-order valence-corrected chi connectivity index (χ2v) is 7.83. The van der Waals surface area contributed by atoms with Crippen LogP contribution in [0.1, 0.15) is 45.9 Å². The summed E-state index contributed by atoms with van der Waals surface area (Å²) in [5.74, 6) is -0.666. The van der Waals surface area contributed by atoms with Gasteiger partial charge in [-0.15, -0.1) is 11.3 Å². The number of thiophene rings is 1. The smallest absolute Gasteiger partial charge is 0.350 e. The van der Waals surface area contributed by atoms with E-state index in [0.29, 0.717) is 33.6 Å². The number of carbonyl (C=O) groups is 2. The van der Waals surface area contributed by atoms with Crippen LogP contribution < -0.4 is 5.01 Å². The second-order valence-electron chi connectivity index (χ2n) is 5.65. The normalized spacial score (nSPS) is 15.7. The molecule has 0 atom stereocenters. The van der Waals surface area contributed by atoms with E-state index in [4.69, 9.17) is 4.74 Å². The molecular formula is C18H19N3O3S2. The first-order valence-corrected chi connectivity index (χ1v) is 9.92. The number of amides is 1. The van der Waals surface area contributed by atoms with Crippen molar-refractivity contribution in [2.45, 2.75) is 34.1 Å². The lowest BCUT2D eigenvalue weighted by atomic mass is 10.1. The second kappa shape index (κ2) is 7.51. The van der Waals surface area contributed by atoms with Crippen LogP contribution >= 0.6 is 22.7 Å². The van der Waals surface area contributed by atoms with Crippen LogP contribution in [-0.4, -0.2) is 29.2 Å². The Hall–Kier alpha value is -2.32. The monoisotopic (exact) mass is 389 g/mol. The van der Waals surface area contributed by atoms with Gasteiger partial charge in [0.1, 0.15) is 4.88 Å². The highest BCUT2D eigenvalue weighted by Gasteiger charge is 2.32. The summed E-state index contributed by atoms with van der Waals surface area (Å²) >= 11 is 2.77. The number of carbonyl (C=O) groups excluding carboxylic acids is 2. The lowest BCUT2D eigenvalue weighted by Crippen LogP contribution is -2.21. The molecule has 3 rings (SSSR count). The minimum absolute atomic E-state index is 0.238. The number of nitrogens with zero attached hydrogens (tertiary/aromatic N) is 3. The Labute approximate surface area is 159 Å². The maximum absolute atomic E-state index is 12.8. The summed E-state index contributed by atoms with van der Waals surface area (Å²) < 4.78 is 5.03. The predicted molar refractivity (Wildman–Crippen MR) is 105 cm³/mol. The summed E-state index contributed by atoms with van der Waals surface area (Å²) in [4.78, 5) is 31.8. The Morgan fingerprint density at radius 2 is 2.04 bits per heavy atom. The van der Waals surface area contributed by atoms with Crippen LogP contribution in [0, 0.1) is 6.92 Å². The van der Waals surface area contributed by atoms with Gasteiger partial charge in [0.25, 0.3) is 5.91 Å². The summed E-state index contributed by atoms with van der Waals surface area (Å²) in [6, 6.07) is 4.07. The van der Waals surface area contributed by atoms with E-state index in [9.17, 15) is 9.59 Å². The zero-order valence-corrected chi connectivity index (χ0v) is 16.7. The maximum atomic E-state index is 12.8. The molecule has 1 amide bonds. The lowest BCUT2D eigenvalue weighted by molar-refractivity contribution is -0.114. The molecule has 8 heteroatoms.